The average Bonchev–Trinajstić information content (AvgIpc) is 2.91. The van der Waals surface area contributed by atoms with Crippen LogP contribution in [-0.2, 0) is 13.6 Å². The Bertz CT molecular complexity index is 547. The molecule has 2 rings (SSSR count). The second kappa shape index (κ2) is 11.5. The zero-order valence-corrected chi connectivity index (χ0v) is 18.0. The van der Waals surface area contributed by atoms with E-state index in [4.69, 9.17) is 0 Å². The Morgan fingerprint density at radius 3 is 2.64 bits per heavy atom. The van der Waals surface area contributed by atoms with Crippen LogP contribution in [0.1, 0.15) is 37.8 Å². The van der Waals surface area contributed by atoms with Crippen LogP contribution in [0.3, 0.4) is 0 Å². The molecule has 1 aliphatic rings. The molecule has 0 bridgehead atoms. The number of likely N-dealkylation sites (tertiary alicyclic amines) is 1. The van der Waals surface area contributed by atoms with Gasteiger partial charge in [0.05, 0.1) is 0 Å². The molecule has 25 heavy (non-hydrogen) atoms. The van der Waals surface area contributed by atoms with Gasteiger partial charge in [0.2, 0.25) is 0 Å². The van der Waals surface area contributed by atoms with Gasteiger partial charge in [0, 0.05) is 32.7 Å². The first-order valence-electron chi connectivity index (χ1n) is 8.87. The molecule has 142 valence electrons. The molecule has 1 fully saturated rings. The highest BCUT2D eigenvalue weighted by Crippen LogP contribution is 2.10. The van der Waals surface area contributed by atoms with Crippen LogP contribution >= 0.6 is 24.0 Å². The summed E-state index contributed by atoms with van der Waals surface area (Å²) in [5.41, 5.74) is 0. The van der Waals surface area contributed by atoms with Crippen LogP contribution in [0.25, 0.3) is 0 Å². The standard InChI is InChI=1S/C17H31N7.HI/c1-5-9-18-17(19-13-16-22-21-14(3)23(16)4)20-15-7-11-24(10-6-2)12-8-15;/h5,15H,1,6-13H2,2-4H3,(H2,18,19,20);1H. The molecule has 2 heterocycles. The second-order valence-corrected chi connectivity index (χ2v) is 6.32. The van der Waals surface area contributed by atoms with E-state index in [9.17, 15) is 0 Å². The number of aliphatic imine (C=N–C) groups is 1. The number of halogens is 1. The highest BCUT2D eigenvalue weighted by molar-refractivity contribution is 14.0. The number of aromatic nitrogens is 3. The van der Waals surface area contributed by atoms with E-state index in [1.165, 1.54) is 13.0 Å². The van der Waals surface area contributed by atoms with Crippen LogP contribution in [0.2, 0.25) is 0 Å². The topological polar surface area (TPSA) is 70.4 Å². The van der Waals surface area contributed by atoms with E-state index in [-0.39, 0.29) is 24.0 Å². The maximum absolute atomic E-state index is 4.66. The number of hydrogen-bond acceptors (Lipinski definition) is 4. The van der Waals surface area contributed by atoms with Crippen LogP contribution in [-0.4, -0.2) is 57.8 Å². The number of hydrogen-bond donors (Lipinski definition) is 2. The molecule has 1 aromatic rings. The monoisotopic (exact) mass is 461 g/mol. The van der Waals surface area contributed by atoms with Gasteiger partial charge in [-0.25, -0.2) is 4.99 Å². The third-order valence-electron chi connectivity index (χ3n) is 4.44. The average molecular weight is 461 g/mol. The van der Waals surface area contributed by atoms with E-state index in [2.05, 4.69) is 44.2 Å². The van der Waals surface area contributed by atoms with Crippen LogP contribution in [0.4, 0.5) is 0 Å². The molecule has 8 heteroatoms. The van der Waals surface area contributed by atoms with E-state index < -0.39 is 0 Å². The van der Waals surface area contributed by atoms with Gasteiger partial charge < -0.3 is 20.1 Å². The van der Waals surface area contributed by atoms with E-state index in [1.807, 2.05) is 24.6 Å². The molecule has 1 saturated heterocycles. The van der Waals surface area contributed by atoms with Crippen molar-refractivity contribution in [3.8, 4) is 0 Å². The lowest BCUT2D eigenvalue weighted by Gasteiger charge is -2.32. The van der Waals surface area contributed by atoms with E-state index >= 15 is 0 Å². The fraction of sp³-hybridized carbons (Fsp3) is 0.706. The molecule has 0 amide bonds. The van der Waals surface area contributed by atoms with Crippen LogP contribution in [0, 0.1) is 6.92 Å². The maximum Gasteiger partial charge on any atom is 0.192 e. The summed E-state index contributed by atoms with van der Waals surface area (Å²) in [6.07, 6.45) is 5.37. The molecule has 1 aliphatic heterocycles. The Hall–Kier alpha value is -1.16. The molecule has 2 N–H and O–H groups in total. The van der Waals surface area contributed by atoms with Gasteiger partial charge in [0.1, 0.15) is 12.4 Å². The van der Waals surface area contributed by atoms with Gasteiger partial charge in [-0.1, -0.05) is 13.0 Å². The number of rotatable bonds is 7. The SMILES string of the molecule is C=CCNC(=NCc1nnc(C)n1C)NC1CCN(CCC)CC1.I. The first-order chi connectivity index (χ1) is 11.6. The predicted molar refractivity (Wildman–Crippen MR) is 113 cm³/mol. The first-order valence-corrected chi connectivity index (χ1v) is 8.87. The summed E-state index contributed by atoms with van der Waals surface area (Å²) >= 11 is 0. The third kappa shape index (κ3) is 6.93. The summed E-state index contributed by atoms with van der Waals surface area (Å²) in [5.74, 6) is 2.59. The van der Waals surface area contributed by atoms with Gasteiger partial charge in [-0.05, 0) is 32.7 Å². The zero-order valence-electron chi connectivity index (χ0n) is 15.7. The number of guanidine groups is 1. The molecule has 0 aliphatic carbocycles. The molecule has 0 aromatic carbocycles. The van der Waals surface area contributed by atoms with Gasteiger partial charge in [-0.15, -0.1) is 40.8 Å². The summed E-state index contributed by atoms with van der Waals surface area (Å²) in [6, 6.07) is 0.468. The van der Waals surface area contributed by atoms with Gasteiger partial charge >= 0.3 is 0 Å². The molecule has 0 unspecified atom stereocenters. The van der Waals surface area contributed by atoms with Gasteiger partial charge in [-0.3, -0.25) is 0 Å². The van der Waals surface area contributed by atoms with E-state index in [0.29, 0.717) is 19.1 Å². The molecule has 7 nitrogen and oxygen atoms in total. The minimum atomic E-state index is 0. The highest BCUT2D eigenvalue weighted by atomic mass is 127. The van der Waals surface area contributed by atoms with Crippen molar-refractivity contribution in [2.24, 2.45) is 12.0 Å². The van der Waals surface area contributed by atoms with Crippen molar-refractivity contribution in [2.45, 2.75) is 45.7 Å². The quantitative estimate of drug-likeness (QED) is 0.281. The third-order valence-corrected chi connectivity index (χ3v) is 4.44. The van der Waals surface area contributed by atoms with Crippen molar-refractivity contribution in [2.75, 3.05) is 26.2 Å². The Morgan fingerprint density at radius 1 is 1.36 bits per heavy atom. The number of piperidine rings is 1. The summed E-state index contributed by atoms with van der Waals surface area (Å²) in [6.45, 7) is 12.7. The van der Waals surface area contributed by atoms with Crippen molar-refractivity contribution in [3.63, 3.8) is 0 Å². The Balaban J connectivity index is 0.00000312. The van der Waals surface area contributed by atoms with Crippen molar-refractivity contribution < 1.29 is 0 Å². The Labute approximate surface area is 168 Å². The normalized spacial score (nSPS) is 16.4. The molecular formula is C17H32IN7. The Morgan fingerprint density at radius 2 is 2.08 bits per heavy atom. The van der Waals surface area contributed by atoms with Gasteiger partial charge in [0.15, 0.2) is 11.8 Å². The lowest BCUT2D eigenvalue weighted by atomic mass is 10.1. The fourth-order valence-corrected chi connectivity index (χ4v) is 2.87. The van der Waals surface area contributed by atoms with Gasteiger partial charge in [0.25, 0.3) is 0 Å². The van der Waals surface area contributed by atoms with Crippen molar-refractivity contribution >= 4 is 29.9 Å². The molecule has 0 spiro atoms. The molecule has 0 saturated carbocycles. The van der Waals surface area contributed by atoms with Crippen LogP contribution in [0.5, 0.6) is 0 Å². The van der Waals surface area contributed by atoms with E-state index in [0.717, 1.165) is 43.5 Å². The summed E-state index contributed by atoms with van der Waals surface area (Å²) in [4.78, 5) is 7.20. The highest BCUT2D eigenvalue weighted by Gasteiger charge is 2.19. The fourth-order valence-electron chi connectivity index (χ4n) is 2.87. The number of nitrogens with one attached hydrogen (secondary N) is 2. The van der Waals surface area contributed by atoms with Gasteiger partial charge in [-0.2, -0.15) is 0 Å². The molecule has 1 aromatic heterocycles. The number of nitrogens with zero attached hydrogens (tertiary/aromatic N) is 5. The first kappa shape index (κ1) is 21.9. The smallest absolute Gasteiger partial charge is 0.192 e. The van der Waals surface area contributed by atoms with Crippen molar-refractivity contribution in [3.05, 3.63) is 24.3 Å². The van der Waals surface area contributed by atoms with E-state index in [1.54, 1.807) is 0 Å². The Kier molecular flexibility index (Phi) is 10.0. The van der Waals surface area contributed by atoms with Crippen LogP contribution < -0.4 is 10.6 Å². The summed E-state index contributed by atoms with van der Waals surface area (Å²) < 4.78 is 1.97. The lowest BCUT2D eigenvalue weighted by Crippen LogP contribution is -2.48. The lowest BCUT2D eigenvalue weighted by molar-refractivity contribution is 0.206. The summed E-state index contributed by atoms with van der Waals surface area (Å²) in [5, 5.41) is 15.1. The van der Waals surface area contributed by atoms with Crippen molar-refractivity contribution in [1.29, 1.82) is 0 Å². The molecular weight excluding hydrogens is 429 g/mol. The largest absolute Gasteiger partial charge is 0.354 e. The summed E-state index contributed by atoms with van der Waals surface area (Å²) in [7, 11) is 1.97. The molecule has 0 atom stereocenters. The van der Waals surface area contributed by atoms with Crippen LogP contribution in [0.15, 0.2) is 17.6 Å². The maximum atomic E-state index is 4.66. The predicted octanol–water partition coefficient (Wildman–Crippen LogP) is 1.84. The second-order valence-electron chi connectivity index (χ2n) is 6.32. The molecule has 0 radical (unpaired) electrons. The van der Waals surface area contributed by atoms with Crippen molar-refractivity contribution in [1.82, 2.24) is 30.3 Å². The minimum Gasteiger partial charge on any atom is -0.354 e. The zero-order chi connectivity index (χ0) is 17.4. The number of aryl methyl sites for hydroxylation is 1. The minimum absolute atomic E-state index is 0.